The third-order valence-corrected chi connectivity index (χ3v) is 5.09. The van der Waals surface area contributed by atoms with Gasteiger partial charge in [0.1, 0.15) is 10.9 Å². The SMILES string of the molecule is O=C(NCC(F)(F)c1ccccc1)c1cc(Cl)ncc1Oc1cccc(C2CC2)c1. The van der Waals surface area contributed by atoms with E-state index in [0.29, 0.717) is 11.7 Å². The van der Waals surface area contributed by atoms with Crippen LogP contribution in [-0.4, -0.2) is 17.4 Å². The van der Waals surface area contributed by atoms with Gasteiger partial charge < -0.3 is 10.1 Å². The van der Waals surface area contributed by atoms with Crippen molar-refractivity contribution in [1.29, 1.82) is 0 Å². The minimum absolute atomic E-state index is 0.0377. The van der Waals surface area contributed by atoms with Gasteiger partial charge in [0.05, 0.1) is 18.3 Å². The Morgan fingerprint density at radius 2 is 1.90 bits per heavy atom. The van der Waals surface area contributed by atoms with Crippen LogP contribution in [0.5, 0.6) is 11.5 Å². The van der Waals surface area contributed by atoms with Gasteiger partial charge in [-0.1, -0.05) is 54.1 Å². The molecule has 0 saturated heterocycles. The fourth-order valence-corrected chi connectivity index (χ4v) is 3.28. The van der Waals surface area contributed by atoms with Crippen molar-refractivity contribution < 1.29 is 18.3 Å². The molecule has 1 heterocycles. The number of hydrogen-bond donors (Lipinski definition) is 1. The van der Waals surface area contributed by atoms with E-state index in [2.05, 4.69) is 10.3 Å². The summed E-state index contributed by atoms with van der Waals surface area (Å²) in [7, 11) is 0. The van der Waals surface area contributed by atoms with Gasteiger partial charge in [-0.25, -0.2) is 4.98 Å². The molecule has 0 bridgehead atoms. The molecule has 154 valence electrons. The molecule has 0 aliphatic heterocycles. The van der Waals surface area contributed by atoms with Crippen LogP contribution < -0.4 is 10.1 Å². The molecule has 0 spiro atoms. The lowest BCUT2D eigenvalue weighted by molar-refractivity contribution is -0.00249. The van der Waals surface area contributed by atoms with Crippen molar-refractivity contribution in [2.24, 2.45) is 0 Å². The van der Waals surface area contributed by atoms with Gasteiger partial charge in [-0.3, -0.25) is 4.79 Å². The number of benzene rings is 2. The highest BCUT2D eigenvalue weighted by Crippen LogP contribution is 2.41. The molecule has 0 unspecified atom stereocenters. The lowest BCUT2D eigenvalue weighted by Crippen LogP contribution is -2.35. The predicted octanol–water partition coefficient (Wildman–Crippen LogP) is 5.93. The number of halogens is 3. The van der Waals surface area contributed by atoms with E-state index in [1.165, 1.54) is 42.1 Å². The Hall–Kier alpha value is -2.99. The van der Waals surface area contributed by atoms with Crippen LogP contribution in [-0.2, 0) is 5.92 Å². The van der Waals surface area contributed by atoms with Crippen molar-refractivity contribution in [2.75, 3.05) is 6.54 Å². The first-order valence-corrected chi connectivity index (χ1v) is 9.95. The zero-order valence-corrected chi connectivity index (χ0v) is 16.7. The van der Waals surface area contributed by atoms with E-state index in [0.717, 1.165) is 12.8 Å². The molecule has 4 rings (SSSR count). The van der Waals surface area contributed by atoms with Gasteiger partial charge >= 0.3 is 0 Å². The van der Waals surface area contributed by atoms with Crippen molar-refractivity contribution in [3.63, 3.8) is 0 Å². The number of hydrogen-bond acceptors (Lipinski definition) is 3. The maximum absolute atomic E-state index is 14.4. The Labute approximate surface area is 177 Å². The number of carbonyl (C=O) groups excluding carboxylic acids is 1. The van der Waals surface area contributed by atoms with Gasteiger partial charge in [0.25, 0.3) is 11.8 Å². The van der Waals surface area contributed by atoms with Crippen molar-refractivity contribution in [2.45, 2.75) is 24.7 Å². The smallest absolute Gasteiger partial charge is 0.290 e. The number of pyridine rings is 1. The van der Waals surface area contributed by atoms with Crippen LogP contribution in [0.15, 0.2) is 66.9 Å². The first-order valence-electron chi connectivity index (χ1n) is 9.57. The number of nitrogens with zero attached hydrogens (tertiary/aromatic N) is 1. The third kappa shape index (κ3) is 4.76. The second kappa shape index (κ2) is 8.40. The highest BCUT2D eigenvalue weighted by atomic mass is 35.5. The Bertz CT molecular complexity index is 1060. The summed E-state index contributed by atoms with van der Waals surface area (Å²) in [6.07, 6.45) is 3.61. The maximum atomic E-state index is 14.4. The average molecular weight is 429 g/mol. The summed E-state index contributed by atoms with van der Waals surface area (Å²) in [4.78, 5) is 16.6. The molecule has 0 atom stereocenters. The molecule has 1 saturated carbocycles. The largest absolute Gasteiger partial charge is 0.455 e. The summed E-state index contributed by atoms with van der Waals surface area (Å²) in [6.45, 7) is -0.855. The van der Waals surface area contributed by atoms with Gasteiger partial charge in [0.2, 0.25) is 0 Å². The molecule has 1 N–H and O–H groups in total. The quantitative estimate of drug-likeness (QED) is 0.475. The van der Waals surface area contributed by atoms with Crippen LogP contribution in [0.1, 0.15) is 40.2 Å². The zero-order valence-electron chi connectivity index (χ0n) is 15.9. The standard InChI is InChI=1S/C23H19ClF2N2O2/c24-21-12-19(22(29)28-14-23(25,26)17-6-2-1-3-7-17)20(13-27-21)30-18-8-4-5-16(11-18)15-9-10-15/h1-8,11-13,15H,9-10,14H2,(H,28,29). The number of rotatable bonds is 7. The van der Waals surface area contributed by atoms with Gasteiger partial charge in [0, 0.05) is 5.56 Å². The minimum atomic E-state index is -3.21. The van der Waals surface area contributed by atoms with Crippen LogP contribution in [0, 0.1) is 0 Å². The molecule has 0 radical (unpaired) electrons. The molecule has 7 heteroatoms. The Kier molecular flexibility index (Phi) is 5.68. The maximum Gasteiger partial charge on any atom is 0.290 e. The summed E-state index contributed by atoms with van der Waals surface area (Å²) >= 11 is 5.93. The Balaban J connectivity index is 1.51. The zero-order chi connectivity index (χ0) is 21.1. The molecule has 4 nitrogen and oxygen atoms in total. The van der Waals surface area contributed by atoms with Crippen LogP contribution in [0.3, 0.4) is 0 Å². The second-order valence-electron chi connectivity index (χ2n) is 7.21. The predicted molar refractivity (Wildman–Crippen MR) is 110 cm³/mol. The molecule has 1 aliphatic carbocycles. The van der Waals surface area contributed by atoms with E-state index >= 15 is 0 Å². The molecular weight excluding hydrogens is 410 g/mol. The van der Waals surface area contributed by atoms with Crippen molar-refractivity contribution >= 4 is 17.5 Å². The van der Waals surface area contributed by atoms with Gasteiger partial charge in [-0.2, -0.15) is 8.78 Å². The van der Waals surface area contributed by atoms with E-state index < -0.39 is 18.4 Å². The van der Waals surface area contributed by atoms with Crippen LogP contribution in [0.25, 0.3) is 0 Å². The number of alkyl halides is 2. The van der Waals surface area contributed by atoms with E-state index in [4.69, 9.17) is 16.3 Å². The number of aromatic nitrogens is 1. The molecule has 30 heavy (non-hydrogen) atoms. The van der Waals surface area contributed by atoms with Crippen LogP contribution in [0.2, 0.25) is 5.15 Å². The van der Waals surface area contributed by atoms with Gasteiger partial charge in [-0.05, 0) is 42.5 Å². The van der Waals surface area contributed by atoms with Crippen LogP contribution in [0.4, 0.5) is 8.78 Å². The summed E-state index contributed by atoms with van der Waals surface area (Å²) in [5, 5.41) is 2.34. The van der Waals surface area contributed by atoms with Crippen molar-refractivity contribution in [3.8, 4) is 11.5 Å². The number of amides is 1. The number of nitrogens with one attached hydrogen (secondary N) is 1. The average Bonchev–Trinajstić information content (AvgIpc) is 3.60. The number of carbonyl (C=O) groups is 1. The van der Waals surface area contributed by atoms with E-state index in [1.807, 2.05) is 18.2 Å². The van der Waals surface area contributed by atoms with Crippen LogP contribution >= 0.6 is 11.6 Å². The van der Waals surface area contributed by atoms with E-state index in [9.17, 15) is 13.6 Å². The molecule has 1 aliphatic rings. The van der Waals surface area contributed by atoms with E-state index in [-0.39, 0.29) is 22.0 Å². The highest BCUT2D eigenvalue weighted by Gasteiger charge is 2.32. The Morgan fingerprint density at radius 3 is 2.63 bits per heavy atom. The first-order chi connectivity index (χ1) is 14.4. The molecule has 2 aromatic carbocycles. The highest BCUT2D eigenvalue weighted by molar-refractivity contribution is 6.29. The molecule has 1 amide bonds. The first kappa shape index (κ1) is 20.3. The molecule has 3 aromatic rings. The van der Waals surface area contributed by atoms with Crippen molar-refractivity contribution in [1.82, 2.24) is 10.3 Å². The lowest BCUT2D eigenvalue weighted by Gasteiger charge is -2.18. The molecule has 1 fully saturated rings. The summed E-state index contributed by atoms with van der Waals surface area (Å²) in [5.74, 6) is -2.70. The second-order valence-corrected chi connectivity index (χ2v) is 7.59. The molecule has 1 aromatic heterocycles. The van der Waals surface area contributed by atoms with Crippen molar-refractivity contribution in [3.05, 3.63) is 88.7 Å². The monoisotopic (exact) mass is 428 g/mol. The fraction of sp³-hybridized carbons (Fsp3) is 0.217. The molecular formula is C23H19ClF2N2O2. The van der Waals surface area contributed by atoms with E-state index in [1.54, 1.807) is 12.1 Å². The summed E-state index contributed by atoms with van der Waals surface area (Å²) in [6, 6.07) is 16.2. The topological polar surface area (TPSA) is 51.2 Å². The third-order valence-electron chi connectivity index (χ3n) is 4.88. The normalized spacial score (nSPS) is 13.7. The lowest BCUT2D eigenvalue weighted by atomic mass is 10.1. The Morgan fingerprint density at radius 1 is 1.13 bits per heavy atom. The number of ether oxygens (including phenoxy) is 1. The fourth-order valence-electron chi connectivity index (χ4n) is 3.12. The summed E-state index contributed by atoms with van der Waals surface area (Å²) < 4.78 is 34.7. The van der Waals surface area contributed by atoms with Gasteiger partial charge in [0.15, 0.2) is 5.75 Å². The minimum Gasteiger partial charge on any atom is -0.455 e. The van der Waals surface area contributed by atoms with Gasteiger partial charge in [-0.15, -0.1) is 0 Å². The summed E-state index contributed by atoms with van der Waals surface area (Å²) in [5.41, 5.74) is 1.03.